The number of nitrogens with two attached hydrogens (primary N) is 1. The number of benzene rings is 2. The topological polar surface area (TPSA) is 79.5 Å². The first kappa shape index (κ1) is 25.0. The van der Waals surface area contributed by atoms with Gasteiger partial charge in [0.15, 0.2) is 5.78 Å². The first-order valence-electron chi connectivity index (χ1n) is 10.9. The van der Waals surface area contributed by atoms with Crippen molar-refractivity contribution >= 4 is 45.6 Å². The van der Waals surface area contributed by atoms with Gasteiger partial charge in [0, 0.05) is 46.1 Å². The Morgan fingerprint density at radius 1 is 1.12 bits per heavy atom. The number of rotatable bonds is 8. The van der Waals surface area contributed by atoms with Gasteiger partial charge in [-0.05, 0) is 43.8 Å². The zero-order chi connectivity index (χ0) is 24.0. The number of halogens is 2. The van der Waals surface area contributed by atoms with Crippen molar-refractivity contribution in [2.24, 2.45) is 0 Å². The Bertz CT molecular complexity index is 1200. The second-order valence-electron chi connectivity index (χ2n) is 7.80. The smallest absolute Gasteiger partial charge is 0.162 e. The van der Waals surface area contributed by atoms with Crippen molar-refractivity contribution < 1.29 is 9.90 Å². The second kappa shape index (κ2) is 11.5. The number of Topliss-reactive ketones (excluding diaryl/α,β-unsaturated/α-hetero) is 1. The molecule has 0 saturated heterocycles. The number of anilines is 1. The van der Waals surface area contributed by atoms with Crippen molar-refractivity contribution in [1.82, 2.24) is 9.88 Å². The third-order valence-electron chi connectivity index (χ3n) is 5.56. The number of likely N-dealkylation sites (N-methyl/N-ethyl adjacent to an activating group) is 1. The Labute approximate surface area is 204 Å². The van der Waals surface area contributed by atoms with Gasteiger partial charge in [-0.1, -0.05) is 61.0 Å². The normalized spacial score (nSPS) is 11.9. The molecule has 0 spiro atoms. The molecule has 0 fully saturated rings. The van der Waals surface area contributed by atoms with Gasteiger partial charge < -0.3 is 15.7 Å². The van der Waals surface area contributed by atoms with Crippen LogP contribution < -0.4 is 5.73 Å². The van der Waals surface area contributed by atoms with Gasteiger partial charge >= 0.3 is 0 Å². The number of carbonyl (C=O) groups is 1. The van der Waals surface area contributed by atoms with Crippen LogP contribution in [-0.4, -0.2) is 46.5 Å². The van der Waals surface area contributed by atoms with Crippen molar-refractivity contribution in [2.75, 3.05) is 25.4 Å². The van der Waals surface area contributed by atoms with Gasteiger partial charge in [-0.3, -0.25) is 4.79 Å². The first-order chi connectivity index (χ1) is 15.8. The minimum absolute atomic E-state index is 0.000104. The fourth-order valence-electron chi connectivity index (χ4n) is 3.58. The standard InChI is InChI=1S/C26H27Cl2N3O2/c1-3-31(4-2)16-20(32)10-12-25(33)18-8-5-17(6-9-18)7-11-21-22-13-19(27)14-24(28)23(22)15-30-26(21)29/h5-6,8-9,13-15,20,32H,3-4,10,12,16H2,1-2H3,(H2,29,30). The number of pyridine rings is 1. The number of nitrogen functional groups attached to an aromatic ring is 1. The number of hydrogen-bond acceptors (Lipinski definition) is 5. The van der Waals surface area contributed by atoms with E-state index in [0.717, 1.165) is 29.4 Å². The average Bonchev–Trinajstić information content (AvgIpc) is 2.80. The molecule has 5 nitrogen and oxygen atoms in total. The summed E-state index contributed by atoms with van der Waals surface area (Å²) in [6.07, 6.45) is 1.83. The fraction of sp³-hybridized carbons (Fsp3) is 0.308. The third-order valence-corrected chi connectivity index (χ3v) is 6.09. The summed E-state index contributed by atoms with van der Waals surface area (Å²) in [4.78, 5) is 18.8. The lowest BCUT2D eigenvalue weighted by atomic mass is 10.0. The lowest BCUT2D eigenvalue weighted by molar-refractivity contribution is 0.0877. The average molecular weight is 484 g/mol. The van der Waals surface area contributed by atoms with E-state index in [1.54, 1.807) is 42.6 Å². The Balaban J connectivity index is 1.71. The highest BCUT2D eigenvalue weighted by Crippen LogP contribution is 2.31. The summed E-state index contributed by atoms with van der Waals surface area (Å²) < 4.78 is 0. The van der Waals surface area contributed by atoms with Crippen molar-refractivity contribution in [3.8, 4) is 11.8 Å². The highest BCUT2D eigenvalue weighted by Gasteiger charge is 2.13. The molecule has 2 aromatic carbocycles. The minimum atomic E-state index is -0.513. The van der Waals surface area contributed by atoms with Crippen molar-refractivity contribution in [3.05, 3.63) is 69.3 Å². The van der Waals surface area contributed by atoms with Crippen LogP contribution >= 0.6 is 23.2 Å². The number of aliphatic hydroxyl groups is 1. The van der Waals surface area contributed by atoms with E-state index in [-0.39, 0.29) is 5.78 Å². The highest BCUT2D eigenvalue weighted by molar-refractivity contribution is 6.38. The van der Waals surface area contributed by atoms with Crippen LogP contribution in [0.15, 0.2) is 42.6 Å². The van der Waals surface area contributed by atoms with Crippen molar-refractivity contribution in [1.29, 1.82) is 0 Å². The SMILES string of the molecule is CCN(CC)CC(O)CCC(=O)c1ccc(C#Cc2c(N)ncc3c(Cl)cc(Cl)cc23)cc1. The number of ketones is 1. The third kappa shape index (κ3) is 6.46. The number of hydrogen-bond donors (Lipinski definition) is 2. The molecule has 0 amide bonds. The lowest BCUT2D eigenvalue weighted by Gasteiger charge is -2.21. The van der Waals surface area contributed by atoms with Crippen LogP contribution in [0.25, 0.3) is 10.8 Å². The van der Waals surface area contributed by atoms with Gasteiger partial charge in [-0.2, -0.15) is 0 Å². The molecule has 3 aromatic rings. The van der Waals surface area contributed by atoms with Crippen LogP contribution in [0.5, 0.6) is 0 Å². The van der Waals surface area contributed by atoms with Crippen LogP contribution in [0, 0.1) is 11.8 Å². The molecule has 1 atom stereocenters. The van der Waals surface area contributed by atoms with E-state index < -0.39 is 6.10 Å². The molecule has 1 heterocycles. The van der Waals surface area contributed by atoms with E-state index in [2.05, 4.69) is 35.6 Å². The zero-order valence-corrected chi connectivity index (χ0v) is 20.2. The fourth-order valence-corrected chi connectivity index (χ4v) is 4.12. The molecule has 3 rings (SSSR count). The molecule has 0 aliphatic carbocycles. The van der Waals surface area contributed by atoms with Crippen LogP contribution in [-0.2, 0) is 0 Å². The summed E-state index contributed by atoms with van der Waals surface area (Å²) in [6.45, 7) is 6.45. The maximum atomic E-state index is 12.5. The monoisotopic (exact) mass is 483 g/mol. The molecule has 0 saturated carbocycles. The predicted octanol–water partition coefficient (Wildman–Crippen LogP) is 5.19. The van der Waals surface area contributed by atoms with Crippen LogP contribution in [0.4, 0.5) is 5.82 Å². The minimum Gasteiger partial charge on any atom is -0.392 e. The molecule has 0 aliphatic rings. The van der Waals surface area contributed by atoms with Gasteiger partial charge in [0.05, 0.1) is 16.7 Å². The Kier molecular flexibility index (Phi) is 8.71. The van der Waals surface area contributed by atoms with E-state index in [0.29, 0.717) is 46.4 Å². The molecule has 7 heteroatoms. The van der Waals surface area contributed by atoms with Crippen LogP contribution in [0.1, 0.15) is 48.2 Å². The van der Waals surface area contributed by atoms with Gasteiger partial charge in [-0.15, -0.1) is 0 Å². The van der Waals surface area contributed by atoms with Gasteiger partial charge in [-0.25, -0.2) is 4.98 Å². The first-order valence-corrected chi connectivity index (χ1v) is 11.7. The molecule has 172 valence electrons. The number of aliphatic hydroxyl groups excluding tert-OH is 1. The summed E-state index contributed by atoms with van der Waals surface area (Å²) in [5.41, 5.74) is 7.94. The molecule has 3 N–H and O–H groups in total. The maximum Gasteiger partial charge on any atom is 0.162 e. The molecule has 1 aromatic heterocycles. The van der Waals surface area contributed by atoms with Crippen LogP contribution in [0.3, 0.4) is 0 Å². The summed E-state index contributed by atoms with van der Waals surface area (Å²) in [5, 5.41) is 12.6. The number of carbonyl (C=O) groups excluding carboxylic acids is 1. The van der Waals surface area contributed by atoms with Crippen LogP contribution in [0.2, 0.25) is 10.0 Å². The summed E-state index contributed by atoms with van der Waals surface area (Å²) >= 11 is 12.4. The number of nitrogens with zero attached hydrogens (tertiary/aromatic N) is 2. The van der Waals surface area contributed by atoms with E-state index in [1.165, 1.54) is 0 Å². The largest absolute Gasteiger partial charge is 0.392 e. The Hall–Kier alpha value is -2.62. The zero-order valence-electron chi connectivity index (χ0n) is 18.7. The molecule has 0 aliphatic heterocycles. The quantitative estimate of drug-likeness (QED) is 0.340. The number of aromatic nitrogens is 1. The second-order valence-corrected chi connectivity index (χ2v) is 8.64. The van der Waals surface area contributed by atoms with Gasteiger partial charge in [0.2, 0.25) is 0 Å². The van der Waals surface area contributed by atoms with Crippen molar-refractivity contribution in [3.63, 3.8) is 0 Å². The molecule has 0 radical (unpaired) electrons. The molecule has 1 unspecified atom stereocenters. The molecule has 0 bridgehead atoms. The van der Waals surface area contributed by atoms with E-state index >= 15 is 0 Å². The number of fused-ring (bicyclic) bond motifs is 1. The summed E-state index contributed by atoms with van der Waals surface area (Å²) in [6, 6.07) is 10.5. The lowest BCUT2D eigenvalue weighted by Crippen LogP contribution is -2.32. The van der Waals surface area contributed by atoms with Gasteiger partial charge in [0.25, 0.3) is 0 Å². The molecule has 33 heavy (non-hydrogen) atoms. The van der Waals surface area contributed by atoms with Gasteiger partial charge in [0.1, 0.15) is 5.82 Å². The Morgan fingerprint density at radius 2 is 1.82 bits per heavy atom. The Morgan fingerprint density at radius 3 is 2.48 bits per heavy atom. The summed E-state index contributed by atoms with van der Waals surface area (Å²) in [7, 11) is 0. The van der Waals surface area contributed by atoms with Crippen molar-refractivity contribution in [2.45, 2.75) is 32.8 Å². The van der Waals surface area contributed by atoms with E-state index in [4.69, 9.17) is 28.9 Å². The van der Waals surface area contributed by atoms with E-state index in [9.17, 15) is 9.90 Å². The molecular formula is C26H27Cl2N3O2. The highest BCUT2D eigenvalue weighted by atomic mass is 35.5. The maximum absolute atomic E-state index is 12.5. The molecular weight excluding hydrogens is 457 g/mol. The van der Waals surface area contributed by atoms with E-state index in [1.807, 2.05) is 0 Å². The summed E-state index contributed by atoms with van der Waals surface area (Å²) in [5.74, 6) is 6.43. The predicted molar refractivity (Wildman–Crippen MR) is 136 cm³/mol.